The van der Waals surface area contributed by atoms with Crippen LogP contribution in [0.25, 0.3) is 10.9 Å². The largest absolute Gasteiger partial charge is 0.483 e. The maximum absolute atomic E-state index is 13.5. The van der Waals surface area contributed by atoms with Crippen molar-refractivity contribution in [2.45, 2.75) is 33.1 Å². The van der Waals surface area contributed by atoms with Gasteiger partial charge in [0.25, 0.3) is 11.5 Å². The predicted molar refractivity (Wildman–Crippen MR) is 161 cm³/mol. The summed E-state index contributed by atoms with van der Waals surface area (Å²) in [5, 5.41) is 7.89. The number of ether oxygens (including phenoxy) is 1. The third-order valence-electron chi connectivity index (χ3n) is 6.41. The van der Waals surface area contributed by atoms with Gasteiger partial charge in [0, 0.05) is 47.5 Å². The summed E-state index contributed by atoms with van der Waals surface area (Å²) in [4.78, 5) is 32.8. The minimum Gasteiger partial charge on any atom is -0.483 e. The van der Waals surface area contributed by atoms with Crippen LogP contribution in [-0.2, 0) is 4.79 Å². The standard InChI is InChI=1S/C30H32BrN5O3/c1-6-20(3)29-34-26-14-10-22(31)15-25(26)30(38)36(29)32-17-21-9-13-24(35(4)5)16-27(21)39-18-28(37)33-23-11-7-19(2)8-12-23/h7-17,20H,6,18H2,1-5H3,(H,33,37)/t20-/m1/s1. The number of aryl methyl sites for hydroxylation is 1. The maximum Gasteiger partial charge on any atom is 0.282 e. The zero-order chi connectivity index (χ0) is 28.1. The number of halogens is 1. The molecule has 1 aromatic heterocycles. The molecule has 4 rings (SSSR count). The van der Waals surface area contributed by atoms with E-state index in [1.54, 1.807) is 12.3 Å². The Balaban J connectivity index is 1.67. The van der Waals surface area contributed by atoms with Crippen LogP contribution < -0.4 is 20.5 Å². The number of nitrogens with one attached hydrogen (secondary N) is 1. The van der Waals surface area contributed by atoms with Gasteiger partial charge >= 0.3 is 0 Å². The van der Waals surface area contributed by atoms with Crippen LogP contribution in [0.1, 0.15) is 43.1 Å². The zero-order valence-electron chi connectivity index (χ0n) is 22.7. The molecule has 0 aliphatic rings. The first-order valence-electron chi connectivity index (χ1n) is 12.7. The highest BCUT2D eigenvalue weighted by Crippen LogP contribution is 2.25. The monoisotopic (exact) mass is 589 g/mol. The number of amides is 1. The molecule has 9 heteroatoms. The molecule has 3 aromatic carbocycles. The quantitative estimate of drug-likeness (QED) is 0.244. The molecule has 1 heterocycles. The number of rotatable bonds is 9. The molecular formula is C30H32BrN5O3. The molecule has 39 heavy (non-hydrogen) atoms. The number of carbonyl (C=O) groups is 1. The van der Waals surface area contributed by atoms with E-state index in [-0.39, 0.29) is 24.0 Å². The molecule has 4 aromatic rings. The molecule has 0 aliphatic carbocycles. The Morgan fingerprint density at radius 2 is 1.90 bits per heavy atom. The molecule has 0 bridgehead atoms. The average molecular weight is 591 g/mol. The Kier molecular flexibility index (Phi) is 8.81. The fourth-order valence-corrected chi connectivity index (χ4v) is 4.27. The van der Waals surface area contributed by atoms with Crippen molar-refractivity contribution in [1.82, 2.24) is 9.66 Å². The van der Waals surface area contributed by atoms with E-state index in [2.05, 4.69) is 26.3 Å². The Labute approximate surface area is 236 Å². The topological polar surface area (TPSA) is 88.8 Å². The minimum absolute atomic E-state index is 0.0141. The van der Waals surface area contributed by atoms with Crippen LogP contribution in [0.5, 0.6) is 5.75 Å². The molecule has 0 spiro atoms. The number of benzene rings is 3. The summed E-state index contributed by atoms with van der Waals surface area (Å²) in [5.74, 6) is 0.786. The third kappa shape index (κ3) is 6.72. The van der Waals surface area contributed by atoms with Crippen LogP contribution in [0.15, 0.2) is 75.0 Å². The molecule has 0 unspecified atom stereocenters. The van der Waals surface area contributed by atoms with Gasteiger partial charge in [0.2, 0.25) is 0 Å². The lowest BCUT2D eigenvalue weighted by Gasteiger charge is -2.16. The Hall–Kier alpha value is -3.98. The van der Waals surface area contributed by atoms with Crippen LogP contribution in [0.2, 0.25) is 0 Å². The minimum atomic E-state index is -0.281. The van der Waals surface area contributed by atoms with Crippen molar-refractivity contribution in [2.75, 3.05) is 30.9 Å². The molecule has 0 aliphatic heterocycles. The van der Waals surface area contributed by atoms with E-state index in [0.29, 0.717) is 33.7 Å². The summed E-state index contributed by atoms with van der Waals surface area (Å²) in [6, 6.07) is 18.6. The van der Waals surface area contributed by atoms with Crippen LogP contribution in [0.3, 0.4) is 0 Å². The molecule has 1 atom stereocenters. The first-order chi connectivity index (χ1) is 18.7. The van der Waals surface area contributed by atoms with Crippen LogP contribution in [0.4, 0.5) is 11.4 Å². The van der Waals surface area contributed by atoms with Gasteiger partial charge in [-0.05, 0) is 55.8 Å². The number of aromatic nitrogens is 2. The van der Waals surface area contributed by atoms with Crippen LogP contribution in [0, 0.1) is 6.92 Å². The lowest BCUT2D eigenvalue weighted by molar-refractivity contribution is -0.118. The van der Waals surface area contributed by atoms with Gasteiger partial charge in [-0.1, -0.05) is 47.5 Å². The first kappa shape index (κ1) is 28.0. The van der Waals surface area contributed by atoms with E-state index in [1.165, 1.54) is 4.68 Å². The highest BCUT2D eigenvalue weighted by atomic mass is 79.9. The van der Waals surface area contributed by atoms with Crippen LogP contribution in [-0.4, -0.2) is 42.5 Å². The van der Waals surface area contributed by atoms with Gasteiger partial charge in [-0.15, -0.1) is 0 Å². The molecule has 0 radical (unpaired) electrons. The second kappa shape index (κ2) is 12.3. The second-order valence-electron chi connectivity index (χ2n) is 9.62. The number of anilines is 2. The zero-order valence-corrected chi connectivity index (χ0v) is 24.3. The average Bonchev–Trinajstić information content (AvgIpc) is 2.92. The number of nitrogens with zero attached hydrogens (tertiary/aromatic N) is 4. The lowest BCUT2D eigenvalue weighted by Crippen LogP contribution is -2.24. The molecule has 1 amide bonds. The highest BCUT2D eigenvalue weighted by Gasteiger charge is 2.16. The van der Waals surface area contributed by atoms with Gasteiger partial charge in [-0.2, -0.15) is 9.78 Å². The summed E-state index contributed by atoms with van der Waals surface area (Å²) < 4.78 is 8.10. The number of fused-ring (bicyclic) bond motifs is 1. The first-order valence-corrected chi connectivity index (χ1v) is 13.5. The number of hydrogen-bond acceptors (Lipinski definition) is 6. The second-order valence-corrected chi connectivity index (χ2v) is 10.5. The summed E-state index contributed by atoms with van der Waals surface area (Å²) in [6.45, 7) is 5.87. The molecule has 1 N–H and O–H groups in total. The van der Waals surface area contributed by atoms with Crippen LogP contribution >= 0.6 is 15.9 Å². The van der Waals surface area contributed by atoms with Gasteiger partial charge in [0.05, 0.1) is 17.1 Å². The Morgan fingerprint density at radius 1 is 1.15 bits per heavy atom. The van der Waals surface area contributed by atoms with Crippen molar-refractivity contribution >= 4 is 50.3 Å². The molecular weight excluding hydrogens is 558 g/mol. The van der Waals surface area contributed by atoms with E-state index in [4.69, 9.17) is 9.72 Å². The Bertz CT molecular complexity index is 1580. The van der Waals surface area contributed by atoms with E-state index < -0.39 is 0 Å². The predicted octanol–water partition coefficient (Wildman–Crippen LogP) is 5.95. The third-order valence-corrected chi connectivity index (χ3v) is 6.90. The fraction of sp³-hybridized carbons (Fsp3) is 0.267. The van der Waals surface area contributed by atoms with Gasteiger partial charge in [0.1, 0.15) is 11.6 Å². The molecule has 0 saturated carbocycles. The highest BCUT2D eigenvalue weighted by molar-refractivity contribution is 9.10. The van der Waals surface area contributed by atoms with Crippen molar-refractivity contribution in [3.63, 3.8) is 0 Å². The van der Waals surface area contributed by atoms with Gasteiger partial charge in [0.15, 0.2) is 6.61 Å². The summed E-state index contributed by atoms with van der Waals surface area (Å²) in [7, 11) is 3.85. The summed E-state index contributed by atoms with van der Waals surface area (Å²) >= 11 is 3.44. The Morgan fingerprint density at radius 3 is 2.59 bits per heavy atom. The van der Waals surface area contributed by atoms with Gasteiger partial charge in [-0.25, -0.2) is 4.98 Å². The normalized spacial score (nSPS) is 12.1. The van der Waals surface area contributed by atoms with Crippen molar-refractivity contribution in [1.29, 1.82) is 0 Å². The summed E-state index contributed by atoms with van der Waals surface area (Å²) in [6.07, 6.45) is 2.37. The SMILES string of the molecule is CC[C@@H](C)c1nc2ccc(Br)cc2c(=O)n1N=Cc1ccc(N(C)C)cc1OCC(=O)Nc1ccc(C)cc1. The van der Waals surface area contributed by atoms with Gasteiger partial charge in [-0.3, -0.25) is 9.59 Å². The van der Waals surface area contributed by atoms with Crippen molar-refractivity contribution < 1.29 is 9.53 Å². The molecule has 0 saturated heterocycles. The van der Waals surface area contributed by atoms with E-state index in [0.717, 1.165) is 22.1 Å². The molecule has 0 fully saturated rings. The van der Waals surface area contributed by atoms with Crippen molar-refractivity contribution in [3.8, 4) is 5.75 Å². The van der Waals surface area contributed by atoms with Crippen molar-refractivity contribution in [2.24, 2.45) is 5.10 Å². The van der Waals surface area contributed by atoms with Crippen molar-refractivity contribution in [3.05, 3.63) is 92.4 Å². The van der Waals surface area contributed by atoms with E-state index in [1.807, 2.05) is 94.4 Å². The van der Waals surface area contributed by atoms with E-state index >= 15 is 0 Å². The number of hydrogen-bond donors (Lipinski definition) is 1. The van der Waals surface area contributed by atoms with E-state index in [9.17, 15) is 9.59 Å². The smallest absolute Gasteiger partial charge is 0.282 e. The lowest BCUT2D eigenvalue weighted by atomic mass is 10.1. The summed E-state index contributed by atoms with van der Waals surface area (Å²) in [5.41, 5.74) is 3.71. The maximum atomic E-state index is 13.5. The van der Waals surface area contributed by atoms with Gasteiger partial charge < -0.3 is 15.0 Å². The number of carbonyl (C=O) groups excluding carboxylic acids is 1. The molecule has 202 valence electrons. The molecule has 8 nitrogen and oxygen atoms in total. The fourth-order valence-electron chi connectivity index (χ4n) is 3.91.